The van der Waals surface area contributed by atoms with Crippen LogP contribution in [0, 0.1) is 5.41 Å². The number of aromatic carboxylic acids is 1. The number of hydrogen-bond donors (Lipinski definition) is 2. The average Bonchev–Trinajstić information content (AvgIpc) is 2.98. The normalized spacial score (nSPS) is 16.4. The van der Waals surface area contributed by atoms with E-state index >= 15 is 0 Å². The van der Waals surface area contributed by atoms with Crippen molar-refractivity contribution < 1.29 is 19.4 Å². The Morgan fingerprint density at radius 2 is 1.86 bits per heavy atom. The molecule has 5 nitrogen and oxygen atoms in total. The summed E-state index contributed by atoms with van der Waals surface area (Å²) in [5.74, 6) is -0.949. The maximum Gasteiger partial charge on any atom is 0.335 e. The minimum atomic E-state index is -0.971. The average molecular weight is 305 g/mol. The number of ether oxygens (including phenoxy) is 1. The molecule has 2 rings (SSSR count). The lowest BCUT2D eigenvalue weighted by molar-refractivity contribution is -0.126. The van der Waals surface area contributed by atoms with E-state index in [1.807, 2.05) is 6.92 Å². The van der Waals surface area contributed by atoms with E-state index in [0.717, 1.165) is 32.1 Å². The minimum absolute atomic E-state index is 0.0211. The summed E-state index contributed by atoms with van der Waals surface area (Å²) in [5, 5.41) is 11.8. The van der Waals surface area contributed by atoms with Crippen molar-refractivity contribution >= 4 is 17.6 Å². The number of rotatable bonds is 7. The maximum atomic E-state index is 12.7. The van der Waals surface area contributed by atoms with Crippen LogP contribution in [0.1, 0.15) is 49.4 Å². The van der Waals surface area contributed by atoms with E-state index < -0.39 is 5.97 Å². The number of amides is 1. The Kier molecular flexibility index (Phi) is 5.55. The number of carbonyl (C=O) groups is 2. The first-order chi connectivity index (χ1) is 10.6. The molecule has 0 unspecified atom stereocenters. The second-order valence-corrected chi connectivity index (χ2v) is 5.77. The van der Waals surface area contributed by atoms with Crippen LogP contribution in [0.3, 0.4) is 0 Å². The summed E-state index contributed by atoms with van der Waals surface area (Å²) in [6.07, 6.45) is 4.65. The Morgan fingerprint density at radius 1 is 1.23 bits per heavy atom. The molecule has 0 aliphatic heterocycles. The molecule has 0 saturated heterocycles. The molecule has 0 radical (unpaired) electrons. The van der Waals surface area contributed by atoms with Crippen LogP contribution in [0.2, 0.25) is 0 Å². The maximum absolute atomic E-state index is 12.7. The van der Waals surface area contributed by atoms with Gasteiger partial charge in [-0.2, -0.15) is 0 Å². The summed E-state index contributed by atoms with van der Waals surface area (Å²) < 4.78 is 5.42. The van der Waals surface area contributed by atoms with E-state index in [0.29, 0.717) is 18.9 Å². The van der Waals surface area contributed by atoms with Crippen molar-refractivity contribution in [3.8, 4) is 0 Å². The van der Waals surface area contributed by atoms with Gasteiger partial charge in [0.2, 0.25) is 5.91 Å². The molecule has 0 atom stereocenters. The zero-order valence-electron chi connectivity index (χ0n) is 12.9. The van der Waals surface area contributed by atoms with Gasteiger partial charge in [0.05, 0.1) is 11.0 Å². The fraction of sp³-hybridized carbons (Fsp3) is 0.529. The summed E-state index contributed by atoms with van der Waals surface area (Å²) in [5.41, 5.74) is 0.503. The van der Waals surface area contributed by atoms with E-state index in [1.165, 1.54) is 12.1 Å². The molecule has 1 saturated carbocycles. The van der Waals surface area contributed by atoms with Crippen LogP contribution in [-0.2, 0) is 9.53 Å². The molecule has 1 fully saturated rings. The van der Waals surface area contributed by atoms with Gasteiger partial charge in [0.15, 0.2) is 0 Å². The molecule has 1 aromatic carbocycles. The molecule has 0 bridgehead atoms. The van der Waals surface area contributed by atoms with Gasteiger partial charge in [0, 0.05) is 18.9 Å². The Balaban J connectivity index is 2.03. The Bertz CT molecular complexity index is 518. The van der Waals surface area contributed by atoms with Gasteiger partial charge in [0.25, 0.3) is 0 Å². The standard InChI is InChI=1S/C17H23NO4/c1-2-22-12-11-17(9-3-4-10-17)16(21)18-14-7-5-13(6-8-14)15(19)20/h5-8H,2-4,9-12H2,1H3,(H,18,21)(H,19,20). The molecule has 22 heavy (non-hydrogen) atoms. The number of carbonyl (C=O) groups excluding carboxylic acids is 1. The van der Waals surface area contributed by atoms with E-state index in [4.69, 9.17) is 9.84 Å². The monoisotopic (exact) mass is 305 g/mol. The molecule has 1 aromatic rings. The van der Waals surface area contributed by atoms with Gasteiger partial charge in [-0.05, 0) is 50.5 Å². The lowest BCUT2D eigenvalue weighted by atomic mass is 9.82. The number of carboxylic acids is 1. The van der Waals surface area contributed by atoms with Crippen molar-refractivity contribution in [2.75, 3.05) is 18.5 Å². The van der Waals surface area contributed by atoms with Crippen LogP contribution < -0.4 is 5.32 Å². The first kappa shape index (κ1) is 16.5. The number of anilines is 1. The summed E-state index contributed by atoms with van der Waals surface area (Å²) in [7, 11) is 0. The molecule has 1 aliphatic carbocycles. The highest BCUT2D eigenvalue weighted by atomic mass is 16.5. The van der Waals surface area contributed by atoms with Gasteiger partial charge in [0.1, 0.15) is 0 Å². The summed E-state index contributed by atoms with van der Waals surface area (Å²) in [4.78, 5) is 23.5. The highest BCUT2D eigenvalue weighted by molar-refractivity contribution is 5.96. The molecule has 1 aliphatic rings. The Morgan fingerprint density at radius 3 is 2.41 bits per heavy atom. The van der Waals surface area contributed by atoms with E-state index in [9.17, 15) is 9.59 Å². The SMILES string of the molecule is CCOCCC1(C(=O)Nc2ccc(C(=O)O)cc2)CCCC1. The minimum Gasteiger partial charge on any atom is -0.478 e. The summed E-state index contributed by atoms with van der Waals surface area (Å²) in [6, 6.07) is 6.26. The van der Waals surface area contributed by atoms with Crippen molar-refractivity contribution in [1.82, 2.24) is 0 Å². The molecule has 5 heteroatoms. The van der Waals surface area contributed by atoms with Crippen LogP contribution in [0.5, 0.6) is 0 Å². The van der Waals surface area contributed by atoms with Gasteiger partial charge < -0.3 is 15.2 Å². The van der Waals surface area contributed by atoms with Crippen molar-refractivity contribution in [3.63, 3.8) is 0 Å². The van der Waals surface area contributed by atoms with E-state index in [2.05, 4.69) is 5.32 Å². The van der Waals surface area contributed by atoms with Gasteiger partial charge in [-0.25, -0.2) is 4.79 Å². The number of benzene rings is 1. The fourth-order valence-corrected chi connectivity index (χ4v) is 3.01. The molecular weight excluding hydrogens is 282 g/mol. The second kappa shape index (κ2) is 7.40. The predicted octanol–water partition coefficient (Wildman–Crippen LogP) is 3.31. The third-order valence-corrected chi connectivity index (χ3v) is 4.36. The lowest BCUT2D eigenvalue weighted by Gasteiger charge is -2.27. The zero-order valence-corrected chi connectivity index (χ0v) is 12.9. The molecule has 0 spiro atoms. The highest BCUT2D eigenvalue weighted by Crippen LogP contribution is 2.42. The first-order valence-corrected chi connectivity index (χ1v) is 7.80. The van der Waals surface area contributed by atoms with Crippen LogP contribution >= 0.6 is 0 Å². The number of carboxylic acid groups (broad SMARTS) is 1. The van der Waals surface area contributed by atoms with Crippen molar-refractivity contribution in [1.29, 1.82) is 0 Å². The molecule has 2 N–H and O–H groups in total. The summed E-state index contributed by atoms with van der Waals surface area (Å²) >= 11 is 0. The predicted molar refractivity (Wildman–Crippen MR) is 84.0 cm³/mol. The van der Waals surface area contributed by atoms with Crippen LogP contribution in [0.25, 0.3) is 0 Å². The quantitative estimate of drug-likeness (QED) is 0.758. The smallest absolute Gasteiger partial charge is 0.335 e. The molecule has 0 aromatic heterocycles. The molecule has 1 amide bonds. The van der Waals surface area contributed by atoms with Gasteiger partial charge in [-0.15, -0.1) is 0 Å². The van der Waals surface area contributed by atoms with Crippen molar-refractivity contribution in [2.24, 2.45) is 5.41 Å². The number of nitrogens with one attached hydrogen (secondary N) is 1. The molecular formula is C17H23NO4. The van der Waals surface area contributed by atoms with Crippen LogP contribution in [-0.4, -0.2) is 30.2 Å². The topological polar surface area (TPSA) is 75.6 Å². The molecule has 120 valence electrons. The lowest BCUT2D eigenvalue weighted by Crippen LogP contribution is -2.35. The van der Waals surface area contributed by atoms with Crippen LogP contribution in [0.4, 0.5) is 5.69 Å². The van der Waals surface area contributed by atoms with Crippen molar-refractivity contribution in [2.45, 2.75) is 39.0 Å². The fourth-order valence-electron chi connectivity index (χ4n) is 3.01. The first-order valence-electron chi connectivity index (χ1n) is 7.80. The number of hydrogen-bond acceptors (Lipinski definition) is 3. The van der Waals surface area contributed by atoms with E-state index in [1.54, 1.807) is 12.1 Å². The van der Waals surface area contributed by atoms with Gasteiger partial charge in [-0.3, -0.25) is 4.79 Å². The third-order valence-electron chi connectivity index (χ3n) is 4.36. The second-order valence-electron chi connectivity index (χ2n) is 5.77. The van der Waals surface area contributed by atoms with Gasteiger partial charge >= 0.3 is 5.97 Å². The third kappa shape index (κ3) is 3.85. The highest BCUT2D eigenvalue weighted by Gasteiger charge is 2.40. The van der Waals surface area contributed by atoms with Crippen LogP contribution in [0.15, 0.2) is 24.3 Å². The molecule has 0 heterocycles. The Hall–Kier alpha value is -1.88. The van der Waals surface area contributed by atoms with Gasteiger partial charge in [-0.1, -0.05) is 12.8 Å². The zero-order chi connectivity index (χ0) is 16.0. The van der Waals surface area contributed by atoms with Crippen molar-refractivity contribution in [3.05, 3.63) is 29.8 Å². The Labute approximate surface area is 130 Å². The largest absolute Gasteiger partial charge is 0.478 e. The van der Waals surface area contributed by atoms with E-state index in [-0.39, 0.29) is 16.9 Å². The summed E-state index contributed by atoms with van der Waals surface area (Å²) in [6.45, 7) is 3.21.